The second kappa shape index (κ2) is 9.84. The summed E-state index contributed by atoms with van der Waals surface area (Å²) in [5.41, 5.74) is 1.14. The van der Waals surface area contributed by atoms with Gasteiger partial charge < -0.3 is 4.74 Å². The maximum Gasteiger partial charge on any atom is 0.335 e. The molecule has 0 spiro atoms. The first-order valence-corrected chi connectivity index (χ1v) is 11.5. The van der Waals surface area contributed by atoms with Crippen molar-refractivity contribution in [3.05, 3.63) is 97.3 Å². The second-order valence-corrected chi connectivity index (χ2v) is 9.20. The van der Waals surface area contributed by atoms with Crippen molar-refractivity contribution in [3.63, 3.8) is 0 Å². The van der Waals surface area contributed by atoms with Gasteiger partial charge in [-0.05, 0) is 82.8 Å². The summed E-state index contributed by atoms with van der Waals surface area (Å²) in [5.74, 6) is -1.88. The van der Waals surface area contributed by atoms with Gasteiger partial charge in [-0.3, -0.25) is 14.9 Å². The third-order valence-electron chi connectivity index (χ3n) is 4.75. The molecule has 4 rings (SSSR count). The number of nitrogens with zero attached hydrogens (tertiary/aromatic N) is 1. The summed E-state index contributed by atoms with van der Waals surface area (Å²) in [6, 6.07) is 17.1. The monoisotopic (exact) mass is 620 g/mol. The highest BCUT2D eigenvalue weighted by Crippen LogP contribution is 2.29. The molecule has 1 N–H and O–H groups in total. The molecule has 0 radical (unpaired) electrons. The van der Waals surface area contributed by atoms with Crippen molar-refractivity contribution >= 4 is 68.1 Å². The molecular formula is C24H15BrFIN2O4. The van der Waals surface area contributed by atoms with Crippen LogP contribution < -0.4 is 15.0 Å². The summed E-state index contributed by atoms with van der Waals surface area (Å²) in [6.07, 6.45) is 1.35. The lowest BCUT2D eigenvalue weighted by Crippen LogP contribution is -2.54. The van der Waals surface area contributed by atoms with Gasteiger partial charge in [0.25, 0.3) is 11.8 Å². The van der Waals surface area contributed by atoms with Crippen LogP contribution >= 0.6 is 38.5 Å². The van der Waals surface area contributed by atoms with Gasteiger partial charge in [0.1, 0.15) is 23.7 Å². The van der Waals surface area contributed by atoms with Gasteiger partial charge in [0.15, 0.2) is 0 Å². The zero-order valence-electron chi connectivity index (χ0n) is 16.8. The van der Waals surface area contributed by atoms with Gasteiger partial charge in [0.05, 0.1) is 5.69 Å². The molecule has 1 fully saturated rings. The number of halogens is 3. The lowest BCUT2D eigenvalue weighted by Gasteiger charge is -2.26. The number of barbiturate groups is 1. The van der Waals surface area contributed by atoms with Crippen LogP contribution in [-0.2, 0) is 16.2 Å². The van der Waals surface area contributed by atoms with Crippen LogP contribution in [0.3, 0.4) is 0 Å². The number of ether oxygens (including phenoxy) is 1. The van der Waals surface area contributed by atoms with Crippen LogP contribution in [0, 0.1) is 9.39 Å². The smallest absolute Gasteiger partial charge is 0.335 e. The Morgan fingerprint density at radius 2 is 1.79 bits per heavy atom. The Hall–Kier alpha value is -3.05. The van der Waals surface area contributed by atoms with E-state index in [0.29, 0.717) is 15.8 Å². The molecule has 0 aromatic heterocycles. The third kappa shape index (κ3) is 5.31. The molecule has 3 aromatic rings. The van der Waals surface area contributed by atoms with E-state index < -0.39 is 23.7 Å². The lowest BCUT2D eigenvalue weighted by molar-refractivity contribution is -0.122. The molecule has 33 heavy (non-hydrogen) atoms. The van der Waals surface area contributed by atoms with Crippen LogP contribution in [0.25, 0.3) is 6.08 Å². The molecule has 3 aromatic carbocycles. The summed E-state index contributed by atoms with van der Waals surface area (Å²) in [6.45, 7) is 0.281. The first-order valence-electron chi connectivity index (χ1n) is 9.65. The first-order chi connectivity index (χ1) is 15.8. The fourth-order valence-corrected chi connectivity index (χ4v) is 3.91. The largest absolute Gasteiger partial charge is 0.488 e. The molecule has 166 valence electrons. The van der Waals surface area contributed by atoms with Gasteiger partial charge >= 0.3 is 6.03 Å². The Bertz CT molecular complexity index is 1290. The Balaban J connectivity index is 1.67. The van der Waals surface area contributed by atoms with E-state index in [1.165, 1.54) is 24.3 Å². The van der Waals surface area contributed by atoms with Crippen LogP contribution in [0.2, 0.25) is 0 Å². The molecule has 0 bridgehead atoms. The van der Waals surface area contributed by atoms with Crippen molar-refractivity contribution in [2.75, 3.05) is 4.90 Å². The van der Waals surface area contributed by atoms with Gasteiger partial charge in [-0.25, -0.2) is 14.1 Å². The molecule has 6 nitrogen and oxygen atoms in total. The fourth-order valence-electron chi connectivity index (χ4n) is 3.17. The molecule has 0 saturated carbocycles. The Labute approximate surface area is 210 Å². The normalized spacial score (nSPS) is 15.1. The minimum absolute atomic E-state index is 0.0142. The van der Waals surface area contributed by atoms with Crippen molar-refractivity contribution < 1.29 is 23.5 Å². The highest BCUT2D eigenvalue weighted by atomic mass is 127. The number of nitrogens with one attached hydrogen (secondary N) is 1. The second-order valence-electron chi connectivity index (χ2n) is 7.04. The molecule has 0 unspecified atom stereocenters. The third-order valence-corrected chi connectivity index (χ3v) is 5.96. The lowest BCUT2D eigenvalue weighted by atomic mass is 10.1. The number of benzene rings is 3. The van der Waals surface area contributed by atoms with Gasteiger partial charge in [0.2, 0.25) is 0 Å². The maximum absolute atomic E-state index is 13.7. The van der Waals surface area contributed by atoms with E-state index in [2.05, 4.69) is 43.8 Å². The summed E-state index contributed by atoms with van der Waals surface area (Å²) in [5, 5.41) is 2.13. The van der Waals surface area contributed by atoms with Crippen LogP contribution in [0.5, 0.6) is 5.75 Å². The van der Waals surface area contributed by atoms with E-state index in [-0.39, 0.29) is 17.9 Å². The molecule has 4 amide bonds. The SMILES string of the molecule is O=C1NC(=O)N(c2cccc(F)c2)C(=O)/C1=C/c1cc(Br)ccc1OCc1ccc(I)cc1. The number of imide groups is 2. The van der Waals surface area contributed by atoms with E-state index in [1.54, 1.807) is 18.2 Å². The van der Waals surface area contributed by atoms with E-state index in [9.17, 15) is 18.8 Å². The molecular weight excluding hydrogens is 606 g/mol. The number of urea groups is 1. The number of amides is 4. The average molecular weight is 621 g/mol. The van der Waals surface area contributed by atoms with Crippen molar-refractivity contribution in [2.45, 2.75) is 6.61 Å². The molecule has 1 aliphatic rings. The molecule has 1 saturated heterocycles. The highest BCUT2D eigenvalue weighted by Gasteiger charge is 2.37. The highest BCUT2D eigenvalue weighted by molar-refractivity contribution is 14.1. The quantitative estimate of drug-likeness (QED) is 0.234. The number of rotatable bonds is 5. The Kier molecular flexibility index (Phi) is 6.89. The van der Waals surface area contributed by atoms with E-state index >= 15 is 0 Å². The summed E-state index contributed by atoms with van der Waals surface area (Å²) in [7, 11) is 0. The minimum atomic E-state index is -0.947. The molecule has 1 aliphatic heterocycles. The van der Waals surface area contributed by atoms with E-state index in [1.807, 2.05) is 24.3 Å². The van der Waals surface area contributed by atoms with Crippen molar-refractivity contribution in [2.24, 2.45) is 0 Å². The number of hydrogen-bond acceptors (Lipinski definition) is 4. The Morgan fingerprint density at radius 1 is 1.03 bits per heavy atom. The maximum atomic E-state index is 13.7. The Morgan fingerprint density at radius 3 is 2.52 bits per heavy atom. The average Bonchev–Trinajstić information content (AvgIpc) is 2.77. The molecule has 0 aliphatic carbocycles. The number of carbonyl (C=O) groups excluding carboxylic acids is 3. The van der Waals surface area contributed by atoms with Crippen molar-refractivity contribution in [1.29, 1.82) is 0 Å². The van der Waals surface area contributed by atoms with Gasteiger partial charge in [-0.15, -0.1) is 0 Å². The summed E-state index contributed by atoms with van der Waals surface area (Å²) >= 11 is 5.60. The van der Waals surface area contributed by atoms with Crippen LogP contribution in [0.1, 0.15) is 11.1 Å². The topological polar surface area (TPSA) is 75.7 Å². The van der Waals surface area contributed by atoms with Crippen LogP contribution in [0.15, 0.2) is 76.8 Å². The minimum Gasteiger partial charge on any atom is -0.488 e. The van der Waals surface area contributed by atoms with Gasteiger partial charge in [0, 0.05) is 13.6 Å². The van der Waals surface area contributed by atoms with Gasteiger partial charge in [-0.2, -0.15) is 0 Å². The summed E-state index contributed by atoms with van der Waals surface area (Å²) in [4.78, 5) is 38.6. The first kappa shape index (κ1) is 23.1. The predicted molar refractivity (Wildman–Crippen MR) is 133 cm³/mol. The molecule has 0 atom stereocenters. The molecule has 9 heteroatoms. The number of anilines is 1. The standard InChI is InChI=1S/C24H15BrFIN2O4/c25-16-6-9-21(33-13-14-4-7-18(27)8-5-14)15(10-16)11-20-22(30)28-24(32)29(23(20)31)19-3-1-2-17(26)12-19/h1-12H,13H2,(H,28,30,32)/b20-11+. The van der Waals surface area contributed by atoms with Gasteiger partial charge in [-0.1, -0.05) is 34.1 Å². The van der Waals surface area contributed by atoms with Crippen molar-refractivity contribution in [1.82, 2.24) is 5.32 Å². The van der Waals surface area contributed by atoms with Crippen LogP contribution in [-0.4, -0.2) is 17.8 Å². The zero-order chi connectivity index (χ0) is 23.5. The fraction of sp³-hybridized carbons (Fsp3) is 0.0417. The zero-order valence-corrected chi connectivity index (χ0v) is 20.6. The van der Waals surface area contributed by atoms with Crippen molar-refractivity contribution in [3.8, 4) is 5.75 Å². The van der Waals surface area contributed by atoms with E-state index in [0.717, 1.165) is 20.1 Å². The van der Waals surface area contributed by atoms with Crippen LogP contribution in [0.4, 0.5) is 14.9 Å². The predicted octanol–water partition coefficient (Wildman–Crippen LogP) is 5.44. The number of carbonyl (C=O) groups is 3. The van der Waals surface area contributed by atoms with E-state index in [4.69, 9.17) is 4.74 Å². The number of hydrogen-bond donors (Lipinski definition) is 1. The summed E-state index contributed by atoms with van der Waals surface area (Å²) < 4.78 is 21.4. The molecule has 1 heterocycles.